The van der Waals surface area contributed by atoms with Crippen LogP contribution in [-0.2, 0) is 0 Å². The van der Waals surface area contributed by atoms with Crippen LogP contribution >= 0.6 is 15.9 Å². The molecule has 0 aliphatic rings. The van der Waals surface area contributed by atoms with Crippen LogP contribution in [0.25, 0.3) is 0 Å². The van der Waals surface area contributed by atoms with Gasteiger partial charge in [0.1, 0.15) is 5.56 Å². The zero-order valence-corrected chi connectivity index (χ0v) is 8.83. The lowest BCUT2D eigenvalue weighted by atomic mass is 10.1. The summed E-state index contributed by atoms with van der Waals surface area (Å²) in [4.78, 5) is 10.7. The Labute approximate surface area is 88.2 Å². The Morgan fingerprint density at radius 1 is 1.64 bits per heavy atom. The van der Waals surface area contributed by atoms with Crippen molar-refractivity contribution >= 4 is 27.6 Å². The second kappa shape index (κ2) is 3.75. The van der Waals surface area contributed by atoms with Crippen molar-refractivity contribution in [3.05, 3.63) is 16.1 Å². The molecule has 0 bridgehead atoms. The molecular formula is C8H8BrNO4. The van der Waals surface area contributed by atoms with Crippen LogP contribution < -0.4 is 10.5 Å². The predicted octanol–water partition coefficient (Wildman–Crippen LogP) is 1.44. The summed E-state index contributed by atoms with van der Waals surface area (Å²) in [5, 5.41) is 18.2. The molecule has 76 valence electrons. The van der Waals surface area contributed by atoms with Gasteiger partial charge in [0.2, 0.25) is 0 Å². The smallest absolute Gasteiger partial charge is 0.339 e. The average molecular weight is 262 g/mol. The van der Waals surface area contributed by atoms with Crippen LogP contribution in [0.15, 0.2) is 10.5 Å². The lowest BCUT2D eigenvalue weighted by Gasteiger charge is -2.10. The van der Waals surface area contributed by atoms with Crippen molar-refractivity contribution < 1.29 is 19.7 Å². The second-order valence-electron chi connectivity index (χ2n) is 2.51. The minimum atomic E-state index is -1.26. The fourth-order valence-corrected chi connectivity index (χ4v) is 1.46. The number of aromatic carboxylic acids is 1. The number of halogens is 1. The summed E-state index contributed by atoms with van der Waals surface area (Å²) in [5.74, 6) is -1.69. The maximum Gasteiger partial charge on any atom is 0.339 e. The van der Waals surface area contributed by atoms with Gasteiger partial charge < -0.3 is 20.7 Å². The quantitative estimate of drug-likeness (QED) is 0.554. The summed E-state index contributed by atoms with van der Waals surface area (Å²) in [6.45, 7) is 0. The highest BCUT2D eigenvalue weighted by molar-refractivity contribution is 9.10. The number of methoxy groups -OCH3 is 1. The Balaban J connectivity index is 3.50. The molecule has 0 heterocycles. The number of aromatic hydroxyl groups is 1. The molecule has 0 unspecified atom stereocenters. The van der Waals surface area contributed by atoms with Gasteiger partial charge >= 0.3 is 5.97 Å². The number of rotatable bonds is 2. The van der Waals surface area contributed by atoms with Crippen LogP contribution in [0.1, 0.15) is 10.4 Å². The molecule has 0 aromatic heterocycles. The van der Waals surface area contributed by atoms with Gasteiger partial charge in [-0.15, -0.1) is 0 Å². The molecule has 1 rings (SSSR count). The Bertz CT molecular complexity index is 391. The van der Waals surface area contributed by atoms with Crippen LogP contribution in [-0.4, -0.2) is 23.3 Å². The highest BCUT2D eigenvalue weighted by Crippen LogP contribution is 2.41. The van der Waals surface area contributed by atoms with Crippen LogP contribution in [0.5, 0.6) is 11.5 Å². The number of carboxylic acids is 1. The maximum atomic E-state index is 10.7. The number of ether oxygens (including phenoxy) is 1. The maximum absolute atomic E-state index is 10.7. The van der Waals surface area contributed by atoms with Crippen LogP contribution in [0.2, 0.25) is 0 Å². The van der Waals surface area contributed by atoms with Crippen molar-refractivity contribution in [3.8, 4) is 11.5 Å². The zero-order valence-electron chi connectivity index (χ0n) is 7.24. The van der Waals surface area contributed by atoms with Gasteiger partial charge in [-0.1, -0.05) is 0 Å². The Morgan fingerprint density at radius 2 is 2.21 bits per heavy atom. The van der Waals surface area contributed by atoms with Crippen LogP contribution in [0.3, 0.4) is 0 Å². The molecule has 4 N–H and O–H groups in total. The lowest BCUT2D eigenvalue weighted by molar-refractivity contribution is 0.0693. The Hall–Kier alpha value is -1.43. The van der Waals surface area contributed by atoms with Crippen LogP contribution in [0, 0.1) is 0 Å². The van der Waals surface area contributed by atoms with E-state index < -0.39 is 11.7 Å². The number of benzene rings is 1. The molecule has 1 aromatic carbocycles. The molecule has 0 aliphatic heterocycles. The minimum absolute atomic E-state index is 0.0161. The number of carboxylic acid groups (broad SMARTS) is 1. The molecule has 0 saturated heterocycles. The van der Waals surface area contributed by atoms with Gasteiger partial charge in [-0.25, -0.2) is 4.79 Å². The van der Waals surface area contributed by atoms with E-state index in [0.717, 1.165) is 6.07 Å². The number of nitrogens with two attached hydrogens (primary N) is 1. The monoisotopic (exact) mass is 261 g/mol. The van der Waals surface area contributed by atoms with Gasteiger partial charge in [0.05, 0.1) is 17.3 Å². The summed E-state index contributed by atoms with van der Waals surface area (Å²) in [6, 6.07) is 1.16. The van der Waals surface area contributed by atoms with E-state index in [1.807, 2.05) is 0 Å². The Kier molecular flexibility index (Phi) is 2.85. The van der Waals surface area contributed by atoms with E-state index in [9.17, 15) is 9.90 Å². The number of anilines is 1. The zero-order chi connectivity index (χ0) is 10.9. The summed E-state index contributed by atoms with van der Waals surface area (Å²) in [5.41, 5.74) is 5.40. The summed E-state index contributed by atoms with van der Waals surface area (Å²) >= 11 is 3.07. The molecule has 0 spiro atoms. The van der Waals surface area contributed by atoms with Crippen molar-refractivity contribution in [2.45, 2.75) is 0 Å². The fraction of sp³-hybridized carbons (Fsp3) is 0.125. The molecule has 5 nitrogen and oxygen atoms in total. The summed E-state index contributed by atoms with van der Waals surface area (Å²) < 4.78 is 5.14. The number of hydrogen-bond donors (Lipinski definition) is 3. The van der Waals surface area contributed by atoms with Crippen molar-refractivity contribution in [2.24, 2.45) is 0 Å². The SMILES string of the molecule is COc1c(O)c(C(=O)O)cc(N)c1Br. The first kappa shape index (κ1) is 10.6. The molecule has 14 heavy (non-hydrogen) atoms. The van der Waals surface area contributed by atoms with Gasteiger partial charge in [0.15, 0.2) is 11.5 Å². The predicted molar refractivity (Wildman–Crippen MR) is 53.7 cm³/mol. The third-order valence-electron chi connectivity index (χ3n) is 1.66. The largest absolute Gasteiger partial charge is 0.504 e. The number of phenols is 1. The summed E-state index contributed by atoms with van der Waals surface area (Å²) in [6.07, 6.45) is 0. The molecule has 0 saturated carbocycles. The standard InChI is InChI=1S/C8H8BrNO4/c1-14-7-5(9)4(10)2-3(6(7)11)8(12)13/h2,11H,10H2,1H3,(H,12,13). The highest BCUT2D eigenvalue weighted by Gasteiger charge is 2.19. The summed E-state index contributed by atoms with van der Waals surface area (Å²) in [7, 11) is 1.31. The molecule has 0 aliphatic carbocycles. The average Bonchev–Trinajstić information content (AvgIpc) is 2.12. The number of nitrogen functional groups attached to an aromatic ring is 1. The normalized spacial score (nSPS) is 9.86. The van der Waals surface area contributed by atoms with Crippen molar-refractivity contribution in [3.63, 3.8) is 0 Å². The first-order chi connectivity index (χ1) is 6.49. The third kappa shape index (κ3) is 1.60. The van der Waals surface area contributed by atoms with Crippen LogP contribution in [0.4, 0.5) is 5.69 Å². The number of hydrogen-bond acceptors (Lipinski definition) is 4. The van der Waals surface area contributed by atoms with E-state index in [1.54, 1.807) is 0 Å². The molecule has 6 heteroatoms. The Morgan fingerprint density at radius 3 is 2.64 bits per heavy atom. The molecule has 1 aromatic rings. The molecule has 0 radical (unpaired) electrons. The topological polar surface area (TPSA) is 92.8 Å². The minimum Gasteiger partial charge on any atom is -0.504 e. The van der Waals surface area contributed by atoms with Gasteiger partial charge in [-0.2, -0.15) is 0 Å². The van der Waals surface area contributed by atoms with Crippen molar-refractivity contribution in [2.75, 3.05) is 12.8 Å². The van der Waals surface area contributed by atoms with E-state index in [1.165, 1.54) is 7.11 Å². The third-order valence-corrected chi connectivity index (χ3v) is 2.48. The van der Waals surface area contributed by atoms with Crippen molar-refractivity contribution in [1.82, 2.24) is 0 Å². The van der Waals surface area contributed by atoms with E-state index >= 15 is 0 Å². The van der Waals surface area contributed by atoms with E-state index in [2.05, 4.69) is 15.9 Å². The van der Waals surface area contributed by atoms with Gasteiger partial charge in [0.25, 0.3) is 0 Å². The van der Waals surface area contributed by atoms with E-state index in [4.69, 9.17) is 15.6 Å². The number of carbonyl (C=O) groups is 1. The van der Waals surface area contributed by atoms with Gasteiger partial charge in [0, 0.05) is 0 Å². The molecule has 0 atom stereocenters. The van der Waals surface area contributed by atoms with E-state index in [-0.39, 0.29) is 17.0 Å². The molecule has 0 amide bonds. The van der Waals surface area contributed by atoms with E-state index in [0.29, 0.717) is 4.47 Å². The fourth-order valence-electron chi connectivity index (χ4n) is 0.994. The molecule has 0 fully saturated rings. The lowest BCUT2D eigenvalue weighted by Crippen LogP contribution is -2.01. The van der Waals surface area contributed by atoms with Gasteiger partial charge in [-0.05, 0) is 22.0 Å². The highest BCUT2D eigenvalue weighted by atomic mass is 79.9. The molecular weight excluding hydrogens is 254 g/mol. The van der Waals surface area contributed by atoms with Gasteiger partial charge in [-0.3, -0.25) is 0 Å². The first-order valence-electron chi connectivity index (χ1n) is 3.57. The first-order valence-corrected chi connectivity index (χ1v) is 4.36. The second-order valence-corrected chi connectivity index (χ2v) is 3.31. The van der Waals surface area contributed by atoms with Crippen molar-refractivity contribution in [1.29, 1.82) is 0 Å².